The minimum atomic E-state index is -4.42. The molecule has 1 heterocycles. The third-order valence-corrected chi connectivity index (χ3v) is 3.08. The lowest BCUT2D eigenvalue weighted by atomic mass is 10.2. The summed E-state index contributed by atoms with van der Waals surface area (Å²) in [6, 6.07) is 10.3. The number of hydrogen-bond donors (Lipinski definition) is 0. The van der Waals surface area contributed by atoms with E-state index in [-0.39, 0.29) is 12.4 Å². The van der Waals surface area contributed by atoms with Crippen LogP contribution < -0.4 is 4.74 Å². The number of furan rings is 1. The molecule has 0 saturated carbocycles. The van der Waals surface area contributed by atoms with Crippen molar-refractivity contribution in [3.8, 4) is 5.75 Å². The van der Waals surface area contributed by atoms with E-state index in [0.29, 0.717) is 16.7 Å². The quantitative estimate of drug-likeness (QED) is 0.623. The number of alkyl halides is 3. The minimum absolute atomic E-state index is 0.0440. The SMILES string of the molecule is Fc1ccc2cc(COc3cccc(C(F)(F)F)c3)oc2c1. The molecule has 3 aromatic rings. The third kappa shape index (κ3) is 3.05. The zero-order chi connectivity index (χ0) is 15.7. The molecule has 0 saturated heterocycles. The maximum atomic E-state index is 13.1. The van der Waals surface area contributed by atoms with E-state index in [4.69, 9.17) is 9.15 Å². The van der Waals surface area contributed by atoms with Gasteiger partial charge in [0.25, 0.3) is 0 Å². The van der Waals surface area contributed by atoms with Crippen molar-refractivity contribution >= 4 is 11.0 Å². The highest BCUT2D eigenvalue weighted by molar-refractivity contribution is 5.77. The molecule has 0 aliphatic carbocycles. The molecule has 0 aliphatic rings. The molecule has 0 bridgehead atoms. The van der Waals surface area contributed by atoms with E-state index in [2.05, 4.69) is 0 Å². The molecule has 0 amide bonds. The summed E-state index contributed by atoms with van der Waals surface area (Å²) in [4.78, 5) is 0. The summed E-state index contributed by atoms with van der Waals surface area (Å²) in [5, 5.41) is 0.698. The maximum Gasteiger partial charge on any atom is 0.416 e. The van der Waals surface area contributed by atoms with Gasteiger partial charge in [-0.3, -0.25) is 0 Å². The van der Waals surface area contributed by atoms with Gasteiger partial charge in [0.2, 0.25) is 0 Å². The summed E-state index contributed by atoms with van der Waals surface area (Å²) in [5.41, 5.74) is -0.417. The van der Waals surface area contributed by atoms with Crippen LogP contribution in [0.15, 0.2) is 52.9 Å². The van der Waals surface area contributed by atoms with E-state index in [1.807, 2.05) is 0 Å². The smallest absolute Gasteiger partial charge is 0.416 e. The van der Waals surface area contributed by atoms with E-state index >= 15 is 0 Å². The highest BCUT2D eigenvalue weighted by atomic mass is 19.4. The first-order valence-electron chi connectivity index (χ1n) is 6.40. The van der Waals surface area contributed by atoms with Gasteiger partial charge in [-0.2, -0.15) is 13.2 Å². The fraction of sp³-hybridized carbons (Fsp3) is 0.125. The van der Waals surface area contributed by atoms with Crippen molar-refractivity contribution in [1.82, 2.24) is 0 Å². The van der Waals surface area contributed by atoms with E-state index in [1.165, 1.54) is 24.3 Å². The van der Waals surface area contributed by atoms with Gasteiger partial charge in [0.1, 0.15) is 29.5 Å². The lowest BCUT2D eigenvalue weighted by Gasteiger charge is -2.09. The van der Waals surface area contributed by atoms with Crippen LogP contribution in [0.4, 0.5) is 17.6 Å². The van der Waals surface area contributed by atoms with E-state index in [9.17, 15) is 17.6 Å². The number of ether oxygens (including phenoxy) is 1. The first kappa shape index (κ1) is 14.4. The van der Waals surface area contributed by atoms with Gasteiger partial charge >= 0.3 is 6.18 Å². The molecule has 0 radical (unpaired) electrons. The Morgan fingerprint density at radius 2 is 1.82 bits per heavy atom. The monoisotopic (exact) mass is 310 g/mol. The van der Waals surface area contributed by atoms with Crippen LogP contribution in [0.5, 0.6) is 5.75 Å². The summed E-state index contributed by atoms with van der Waals surface area (Å²) in [6.45, 7) is -0.0440. The molecule has 6 heteroatoms. The molecule has 1 aromatic heterocycles. The zero-order valence-electron chi connectivity index (χ0n) is 11.2. The van der Waals surface area contributed by atoms with E-state index < -0.39 is 17.6 Å². The predicted molar refractivity (Wildman–Crippen MR) is 71.9 cm³/mol. The summed E-state index contributed by atoms with van der Waals surface area (Å²) < 4.78 is 61.5. The second-order valence-corrected chi connectivity index (χ2v) is 4.71. The Hall–Kier alpha value is -2.50. The molecule has 22 heavy (non-hydrogen) atoms. The average Bonchev–Trinajstić information content (AvgIpc) is 2.86. The number of rotatable bonds is 3. The van der Waals surface area contributed by atoms with Crippen LogP contribution in [-0.4, -0.2) is 0 Å². The molecule has 0 atom stereocenters. The van der Waals surface area contributed by atoms with Crippen LogP contribution in [0.25, 0.3) is 11.0 Å². The van der Waals surface area contributed by atoms with Gasteiger partial charge in [-0.1, -0.05) is 6.07 Å². The molecule has 0 N–H and O–H groups in total. The molecule has 0 unspecified atom stereocenters. The van der Waals surface area contributed by atoms with Crippen LogP contribution >= 0.6 is 0 Å². The normalized spacial score (nSPS) is 11.8. The summed E-state index contributed by atoms with van der Waals surface area (Å²) in [5.74, 6) is 0.0617. The van der Waals surface area contributed by atoms with Crippen molar-refractivity contribution in [2.45, 2.75) is 12.8 Å². The van der Waals surface area contributed by atoms with Crippen LogP contribution in [-0.2, 0) is 12.8 Å². The van der Waals surface area contributed by atoms with E-state index in [0.717, 1.165) is 12.1 Å². The number of hydrogen-bond acceptors (Lipinski definition) is 2. The molecule has 0 aliphatic heterocycles. The van der Waals surface area contributed by atoms with Crippen LogP contribution in [0.2, 0.25) is 0 Å². The number of benzene rings is 2. The topological polar surface area (TPSA) is 22.4 Å². The molecule has 2 aromatic carbocycles. The molecule has 3 rings (SSSR count). The molecule has 0 spiro atoms. The minimum Gasteiger partial charge on any atom is -0.486 e. The number of fused-ring (bicyclic) bond motifs is 1. The van der Waals surface area contributed by atoms with Crippen LogP contribution in [0.1, 0.15) is 11.3 Å². The Morgan fingerprint density at radius 1 is 1.00 bits per heavy atom. The van der Waals surface area contributed by atoms with Gasteiger partial charge in [-0.05, 0) is 36.4 Å². The second kappa shape index (κ2) is 5.36. The zero-order valence-corrected chi connectivity index (χ0v) is 11.2. The molecule has 0 fully saturated rings. The average molecular weight is 310 g/mol. The van der Waals surface area contributed by atoms with Crippen LogP contribution in [0.3, 0.4) is 0 Å². The molecular formula is C16H10F4O2. The van der Waals surface area contributed by atoms with Crippen molar-refractivity contribution in [3.05, 3.63) is 65.7 Å². The first-order chi connectivity index (χ1) is 10.4. The van der Waals surface area contributed by atoms with Crippen molar-refractivity contribution in [2.75, 3.05) is 0 Å². The maximum absolute atomic E-state index is 13.1. The van der Waals surface area contributed by atoms with Gasteiger partial charge in [0, 0.05) is 11.5 Å². The Labute approximate surface area is 122 Å². The molecule has 114 valence electrons. The highest BCUT2D eigenvalue weighted by Gasteiger charge is 2.30. The standard InChI is InChI=1S/C16H10F4O2/c17-12-5-4-10-6-14(22-15(10)8-12)9-21-13-3-1-2-11(7-13)16(18,19)20/h1-8H,9H2. The predicted octanol–water partition coefficient (Wildman–Crippen LogP) is 5.17. The third-order valence-electron chi connectivity index (χ3n) is 3.08. The van der Waals surface area contributed by atoms with Gasteiger partial charge in [0.05, 0.1) is 5.56 Å². The van der Waals surface area contributed by atoms with Crippen molar-refractivity contribution in [2.24, 2.45) is 0 Å². The van der Waals surface area contributed by atoms with Gasteiger partial charge in [0.15, 0.2) is 0 Å². The van der Waals surface area contributed by atoms with Crippen molar-refractivity contribution in [1.29, 1.82) is 0 Å². The van der Waals surface area contributed by atoms with Crippen molar-refractivity contribution < 1.29 is 26.7 Å². The largest absolute Gasteiger partial charge is 0.486 e. The van der Waals surface area contributed by atoms with Gasteiger partial charge in [-0.15, -0.1) is 0 Å². The molecule has 2 nitrogen and oxygen atoms in total. The summed E-state index contributed by atoms with van der Waals surface area (Å²) in [7, 11) is 0. The Balaban J connectivity index is 1.76. The highest BCUT2D eigenvalue weighted by Crippen LogP contribution is 2.31. The van der Waals surface area contributed by atoms with Crippen molar-refractivity contribution in [3.63, 3.8) is 0 Å². The fourth-order valence-corrected chi connectivity index (χ4v) is 2.05. The summed E-state index contributed by atoms with van der Waals surface area (Å²) in [6.07, 6.45) is -4.42. The van der Waals surface area contributed by atoms with E-state index in [1.54, 1.807) is 12.1 Å². The summed E-state index contributed by atoms with van der Waals surface area (Å²) >= 11 is 0. The lowest BCUT2D eigenvalue weighted by Crippen LogP contribution is -2.05. The number of halogens is 4. The van der Waals surface area contributed by atoms with Crippen LogP contribution in [0, 0.1) is 5.82 Å². The second-order valence-electron chi connectivity index (χ2n) is 4.71. The lowest BCUT2D eigenvalue weighted by molar-refractivity contribution is -0.137. The Morgan fingerprint density at radius 3 is 2.59 bits per heavy atom. The van der Waals surface area contributed by atoms with Gasteiger partial charge < -0.3 is 9.15 Å². The first-order valence-corrected chi connectivity index (χ1v) is 6.40. The Kier molecular flexibility index (Phi) is 3.52. The van der Waals surface area contributed by atoms with Gasteiger partial charge in [-0.25, -0.2) is 4.39 Å². The fourth-order valence-electron chi connectivity index (χ4n) is 2.05. The Bertz CT molecular complexity index is 805. The molecular weight excluding hydrogens is 300 g/mol.